The largest absolute Gasteiger partial charge is 0.294 e. The second-order valence-electron chi connectivity index (χ2n) is 3.39. The fourth-order valence-electron chi connectivity index (χ4n) is 1.46. The monoisotopic (exact) mass is 184 g/mol. The van der Waals surface area contributed by atoms with Gasteiger partial charge in [0.1, 0.15) is 0 Å². The quantitative estimate of drug-likeness (QED) is 0.452. The Morgan fingerprint density at radius 2 is 2.08 bits per heavy atom. The zero-order valence-electron chi connectivity index (χ0n) is 7.48. The molecule has 2 heteroatoms. The zero-order valence-corrected chi connectivity index (χ0v) is 8.24. The Labute approximate surface area is 78.1 Å². The maximum atomic E-state index is 11.3. The molecule has 12 heavy (non-hydrogen) atoms. The summed E-state index contributed by atoms with van der Waals surface area (Å²) in [7, 11) is 0. The standard InChI is InChI=1S/C10H13ClO/c1-6(2)8-4-9(7(3)11)10(12)5-8/h8H,1,4-5H2,2-3H3/b9-7+. The van der Waals surface area contributed by atoms with Crippen LogP contribution in [0.1, 0.15) is 26.7 Å². The van der Waals surface area contributed by atoms with Gasteiger partial charge in [0, 0.05) is 17.0 Å². The van der Waals surface area contributed by atoms with Gasteiger partial charge in [-0.05, 0) is 26.2 Å². The molecular weight excluding hydrogens is 172 g/mol. The third-order valence-electron chi connectivity index (χ3n) is 2.33. The summed E-state index contributed by atoms with van der Waals surface area (Å²) >= 11 is 5.78. The summed E-state index contributed by atoms with van der Waals surface area (Å²) in [5.41, 5.74) is 1.88. The first kappa shape index (κ1) is 9.53. The Kier molecular flexibility index (Phi) is 2.73. The summed E-state index contributed by atoms with van der Waals surface area (Å²) in [5, 5.41) is 0.642. The maximum Gasteiger partial charge on any atom is 0.160 e. The number of hydrogen-bond acceptors (Lipinski definition) is 1. The van der Waals surface area contributed by atoms with Crippen molar-refractivity contribution in [2.45, 2.75) is 26.7 Å². The van der Waals surface area contributed by atoms with E-state index in [9.17, 15) is 4.79 Å². The first-order valence-corrected chi connectivity index (χ1v) is 4.44. The summed E-state index contributed by atoms with van der Waals surface area (Å²) in [6.45, 7) is 7.58. The lowest BCUT2D eigenvalue weighted by Gasteiger charge is -2.04. The normalized spacial score (nSPS) is 27.6. The van der Waals surface area contributed by atoms with Crippen LogP contribution in [0.15, 0.2) is 22.8 Å². The Morgan fingerprint density at radius 1 is 1.50 bits per heavy atom. The molecule has 1 atom stereocenters. The summed E-state index contributed by atoms with van der Waals surface area (Å²) in [4.78, 5) is 11.3. The van der Waals surface area contributed by atoms with E-state index in [0.29, 0.717) is 17.4 Å². The van der Waals surface area contributed by atoms with Gasteiger partial charge in [0.2, 0.25) is 0 Å². The third-order valence-corrected chi connectivity index (χ3v) is 2.56. The molecule has 66 valence electrons. The Morgan fingerprint density at radius 3 is 2.33 bits per heavy atom. The van der Waals surface area contributed by atoms with Crippen molar-refractivity contribution in [2.24, 2.45) is 5.92 Å². The number of hydrogen-bond donors (Lipinski definition) is 0. The number of Topliss-reactive ketones (excluding diaryl/α,β-unsaturated/α-hetero) is 1. The van der Waals surface area contributed by atoms with Gasteiger partial charge in [-0.25, -0.2) is 0 Å². The number of allylic oxidation sites excluding steroid dienone is 3. The number of ketones is 1. The maximum absolute atomic E-state index is 11.3. The zero-order chi connectivity index (χ0) is 9.30. The molecule has 0 aliphatic heterocycles. The van der Waals surface area contributed by atoms with Crippen LogP contribution < -0.4 is 0 Å². The van der Waals surface area contributed by atoms with Crippen LogP contribution in [0.2, 0.25) is 0 Å². The van der Waals surface area contributed by atoms with Crippen LogP contribution in [-0.4, -0.2) is 5.78 Å². The molecule has 1 nitrogen and oxygen atoms in total. The van der Waals surface area contributed by atoms with E-state index in [0.717, 1.165) is 17.6 Å². The summed E-state index contributed by atoms with van der Waals surface area (Å²) in [5.74, 6) is 0.511. The van der Waals surface area contributed by atoms with E-state index < -0.39 is 0 Å². The number of rotatable bonds is 1. The molecule has 1 unspecified atom stereocenters. The van der Waals surface area contributed by atoms with Crippen LogP contribution in [0.25, 0.3) is 0 Å². The highest BCUT2D eigenvalue weighted by Gasteiger charge is 2.28. The van der Waals surface area contributed by atoms with Crippen molar-refractivity contribution in [1.82, 2.24) is 0 Å². The van der Waals surface area contributed by atoms with Crippen LogP contribution >= 0.6 is 11.6 Å². The fourth-order valence-corrected chi connectivity index (χ4v) is 1.64. The van der Waals surface area contributed by atoms with E-state index >= 15 is 0 Å². The molecule has 1 rings (SSSR count). The number of carbonyl (C=O) groups is 1. The molecule has 1 fully saturated rings. The molecule has 0 bridgehead atoms. The van der Waals surface area contributed by atoms with Crippen molar-refractivity contribution in [1.29, 1.82) is 0 Å². The van der Waals surface area contributed by atoms with Crippen LogP contribution in [0.4, 0.5) is 0 Å². The van der Waals surface area contributed by atoms with Crippen molar-refractivity contribution in [3.05, 3.63) is 22.8 Å². The van der Waals surface area contributed by atoms with Crippen molar-refractivity contribution in [3.8, 4) is 0 Å². The second kappa shape index (κ2) is 3.44. The smallest absolute Gasteiger partial charge is 0.160 e. The van der Waals surface area contributed by atoms with Gasteiger partial charge >= 0.3 is 0 Å². The predicted octanol–water partition coefficient (Wildman–Crippen LogP) is 3.05. The minimum Gasteiger partial charge on any atom is -0.294 e. The number of carbonyl (C=O) groups excluding carboxylic acids is 1. The van der Waals surface area contributed by atoms with E-state index in [4.69, 9.17) is 11.6 Å². The third kappa shape index (κ3) is 1.78. The molecule has 0 aromatic rings. The van der Waals surface area contributed by atoms with Gasteiger partial charge < -0.3 is 0 Å². The lowest BCUT2D eigenvalue weighted by atomic mass is 10.0. The first-order valence-electron chi connectivity index (χ1n) is 4.06. The predicted molar refractivity (Wildman–Crippen MR) is 51.1 cm³/mol. The Balaban J connectivity index is 2.83. The van der Waals surface area contributed by atoms with Gasteiger partial charge in [-0.2, -0.15) is 0 Å². The summed E-state index contributed by atoms with van der Waals surface area (Å²) in [6, 6.07) is 0. The van der Waals surface area contributed by atoms with Crippen LogP contribution in [0.5, 0.6) is 0 Å². The van der Waals surface area contributed by atoms with Crippen molar-refractivity contribution < 1.29 is 4.79 Å². The lowest BCUT2D eigenvalue weighted by Crippen LogP contribution is -1.95. The Hall–Kier alpha value is -0.560. The van der Waals surface area contributed by atoms with Crippen molar-refractivity contribution in [3.63, 3.8) is 0 Å². The minimum absolute atomic E-state index is 0.190. The van der Waals surface area contributed by atoms with Crippen LogP contribution in [0, 0.1) is 5.92 Å². The molecule has 1 saturated carbocycles. The summed E-state index contributed by atoms with van der Waals surface area (Å²) < 4.78 is 0. The molecule has 0 heterocycles. The molecule has 0 radical (unpaired) electrons. The van der Waals surface area contributed by atoms with E-state index in [1.807, 2.05) is 6.92 Å². The van der Waals surface area contributed by atoms with E-state index in [1.165, 1.54) is 0 Å². The summed E-state index contributed by atoms with van der Waals surface area (Å²) in [6.07, 6.45) is 1.37. The molecule has 1 aliphatic carbocycles. The average Bonchev–Trinajstić information content (AvgIpc) is 2.30. The highest BCUT2D eigenvalue weighted by molar-refractivity contribution is 6.31. The molecule has 0 N–H and O–H groups in total. The molecule has 0 aromatic heterocycles. The average molecular weight is 185 g/mol. The molecule has 0 saturated heterocycles. The molecule has 0 amide bonds. The van der Waals surface area contributed by atoms with Crippen molar-refractivity contribution in [2.75, 3.05) is 0 Å². The lowest BCUT2D eigenvalue weighted by molar-refractivity contribution is -0.114. The molecular formula is C10H13ClO. The van der Waals surface area contributed by atoms with E-state index in [2.05, 4.69) is 6.58 Å². The van der Waals surface area contributed by atoms with Crippen molar-refractivity contribution >= 4 is 17.4 Å². The fraction of sp³-hybridized carbons (Fsp3) is 0.500. The van der Waals surface area contributed by atoms with Gasteiger partial charge in [-0.3, -0.25) is 4.79 Å². The Bertz CT molecular complexity index is 259. The van der Waals surface area contributed by atoms with Gasteiger partial charge in [0.15, 0.2) is 5.78 Å². The highest BCUT2D eigenvalue weighted by atomic mass is 35.5. The van der Waals surface area contributed by atoms with Gasteiger partial charge in [0.25, 0.3) is 0 Å². The molecule has 0 aromatic carbocycles. The van der Waals surface area contributed by atoms with Gasteiger partial charge in [-0.1, -0.05) is 23.8 Å². The van der Waals surface area contributed by atoms with Crippen LogP contribution in [0.3, 0.4) is 0 Å². The topological polar surface area (TPSA) is 17.1 Å². The first-order chi connectivity index (χ1) is 5.52. The van der Waals surface area contributed by atoms with Crippen LogP contribution in [-0.2, 0) is 4.79 Å². The highest BCUT2D eigenvalue weighted by Crippen LogP contribution is 2.34. The second-order valence-corrected chi connectivity index (χ2v) is 3.95. The molecule has 0 spiro atoms. The van der Waals surface area contributed by atoms with E-state index in [1.54, 1.807) is 6.92 Å². The van der Waals surface area contributed by atoms with Gasteiger partial charge in [0.05, 0.1) is 0 Å². The number of halogens is 1. The SMILES string of the molecule is C=C(C)C1CC(=O)/C(=C(\C)Cl)C1. The molecule has 1 aliphatic rings. The van der Waals surface area contributed by atoms with Gasteiger partial charge in [-0.15, -0.1) is 0 Å². The minimum atomic E-state index is 0.190. The van der Waals surface area contributed by atoms with E-state index in [-0.39, 0.29) is 5.78 Å².